The lowest BCUT2D eigenvalue weighted by atomic mass is 10.1. The molecule has 0 spiro atoms. The minimum Gasteiger partial charge on any atom is -0.382 e. The number of rotatable bonds is 6. The number of benzene rings is 1. The molecule has 0 fully saturated rings. The first kappa shape index (κ1) is 12.5. The van der Waals surface area contributed by atoms with Gasteiger partial charge in [-0.2, -0.15) is 5.26 Å². The van der Waals surface area contributed by atoms with Crippen molar-refractivity contribution >= 4 is 5.69 Å². The van der Waals surface area contributed by atoms with Crippen LogP contribution in [0.25, 0.3) is 0 Å². The molecular formula is C13H18N2O. The molecule has 3 heteroatoms. The van der Waals surface area contributed by atoms with Gasteiger partial charge in [-0.05, 0) is 25.0 Å². The Kier molecular flexibility index (Phi) is 5.38. The van der Waals surface area contributed by atoms with Crippen molar-refractivity contribution in [2.45, 2.75) is 20.3 Å². The van der Waals surface area contributed by atoms with E-state index < -0.39 is 0 Å². The van der Waals surface area contributed by atoms with Gasteiger partial charge in [-0.25, -0.2) is 0 Å². The smallest absolute Gasteiger partial charge is 0.102 e. The van der Waals surface area contributed by atoms with E-state index in [9.17, 15) is 0 Å². The average Bonchev–Trinajstić information content (AvgIpc) is 2.29. The molecule has 0 atom stereocenters. The number of aryl methyl sites for hydroxylation is 1. The van der Waals surface area contributed by atoms with Gasteiger partial charge in [0.2, 0.25) is 0 Å². The van der Waals surface area contributed by atoms with Gasteiger partial charge >= 0.3 is 0 Å². The second-order valence-corrected chi connectivity index (χ2v) is 3.65. The van der Waals surface area contributed by atoms with Crippen LogP contribution in [-0.2, 0) is 4.74 Å². The third-order valence-corrected chi connectivity index (χ3v) is 2.29. The van der Waals surface area contributed by atoms with Crippen molar-refractivity contribution in [3.8, 4) is 6.07 Å². The summed E-state index contributed by atoms with van der Waals surface area (Å²) in [6.07, 6.45) is 1.04. The summed E-state index contributed by atoms with van der Waals surface area (Å²) in [4.78, 5) is 0. The predicted molar refractivity (Wildman–Crippen MR) is 65.5 cm³/mol. The van der Waals surface area contributed by atoms with Crippen LogP contribution in [-0.4, -0.2) is 19.8 Å². The summed E-state index contributed by atoms with van der Waals surface area (Å²) in [6, 6.07) is 8.03. The molecule has 1 rings (SSSR count). The lowest BCUT2D eigenvalue weighted by molar-refractivity contribution is 0.144. The Balaban J connectivity index is 2.48. The molecule has 16 heavy (non-hydrogen) atoms. The Hall–Kier alpha value is -1.53. The molecule has 1 aromatic carbocycles. The van der Waals surface area contributed by atoms with Gasteiger partial charge < -0.3 is 10.1 Å². The maximum atomic E-state index is 9.02. The van der Waals surface area contributed by atoms with Crippen LogP contribution in [0.3, 0.4) is 0 Å². The van der Waals surface area contributed by atoms with Crippen LogP contribution >= 0.6 is 0 Å². The predicted octanol–water partition coefficient (Wildman–Crippen LogP) is 2.71. The topological polar surface area (TPSA) is 45.0 Å². The monoisotopic (exact) mass is 218 g/mol. The number of nitrogens with zero attached hydrogens (tertiary/aromatic N) is 1. The fourth-order valence-corrected chi connectivity index (χ4v) is 1.47. The lowest BCUT2D eigenvalue weighted by Gasteiger charge is -2.09. The molecule has 0 saturated heterocycles. The van der Waals surface area contributed by atoms with Crippen molar-refractivity contribution in [1.82, 2.24) is 0 Å². The molecule has 3 nitrogen and oxygen atoms in total. The number of anilines is 1. The van der Waals surface area contributed by atoms with Crippen molar-refractivity contribution in [1.29, 1.82) is 5.26 Å². The number of hydrogen-bond acceptors (Lipinski definition) is 3. The van der Waals surface area contributed by atoms with Gasteiger partial charge in [-0.3, -0.25) is 0 Å². The molecule has 1 aromatic rings. The SMILES string of the molecule is CCCOCCNc1cccc(C)c1C#N. The molecule has 0 amide bonds. The van der Waals surface area contributed by atoms with Gasteiger partial charge in [0.15, 0.2) is 0 Å². The summed E-state index contributed by atoms with van der Waals surface area (Å²) >= 11 is 0. The van der Waals surface area contributed by atoms with E-state index in [0.29, 0.717) is 6.61 Å². The first-order chi connectivity index (χ1) is 7.79. The standard InChI is InChI=1S/C13H18N2O/c1-3-8-16-9-7-15-13-6-4-5-11(2)12(13)10-14/h4-6,15H,3,7-9H2,1-2H3. The zero-order valence-corrected chi connectivity index (χ0v) is 9.92. The van der Waals surface area contributed by atoms with Crippen LogP contribution in [0.4, 0.5) is 5.69 Å². The number of nitriles is 1. The van der Waals surface area contributed by atoms with Crippen LogP contribution in [0.1, 0.15) is 24.5 Å². The first-order valence-electron chi connectivity index (χ1n) is 5.61. The second-order valence-electron chi connectivity index (χ2n) is 3.65. The van der Waals surface area contributed by atoms with Crippen LogP contribution in [0.15, 0.2) is 18.2 Å². The number of hydrogen-bond donors (Lipinski definition) is 1. The second kappa shape index (κ2) is 6.86. The van der Waals surface area contributed by atoms with Gasteiger partial charge in [0.1, 0.15) is 6.07 Å². The van der Waals surface area contributed by atoms with E-state index >= 15 is 0 Å². The molecule has 0 heterocycles. The minimum absolute atomic E-state index is 0.673. The number of nitrogens with one attached hydrogen (secondary N) is 1. The Bertz CT molecular complexity index is 369. The average molecular weight is 218 g/mol. The molecule has 1 N–H and O–H groups in total. The highest BCUT2D eigenvalue weighted by atomic mass is 16.5. The van der Waals surface area contributed by atoms with E-state index in [2.05, 4.69) is 18.3 Å². The van der Waals surface area contributed by atoms with Crippen molar-refractivity contribution < 1.29 is 4.74 Å². The third kappa shape index (κ3) is 3.56. The molecule has 0 bridgehead atoms. The summed E-state index contributed by atoms with van der Waals surface area (Å²) in [5.74, 6) is 0. The zero-order chi connectivity index (χ0) is 11.8. The van der Waals surface area contributed by atoms with Crippen molar-refractivity contribution in [3.05, 3.63) is 29.3 Å². The summed E-state index contributed by atoms with van der Waals surface area (Å²) in [6.45, 7) is 6.23. The van der Waals surface area contributed by atoms with Gasteiger partial charge in [-0.1, -0.05) is 19.1 Å². The Morgan fingerprint density at radius 1 is 1.38 bits per heavy atom. The summed E-state index contributed by atoms with van der Waals surface area (Å²) in [7, 11) is 0. The van der Waals surface area contributed by atoms with E-state index in [4.69, 9.17) is 10.00 Å². The summed E-state index contributed by atoms with van der Waals surface area (Å²) in [5.41, 5.74) is 2.61. The van der Waals surface area contributed by atoms with E-state index in [-0.39, 0.29) is 0 Å². The molecule has 0 radical (unpaired) electrons. The lowest BCUT2D eigenvalue weighted by Crippen LogP contribution is -2.10. The molecule has 0 unspecified atom stereocenters. The van der Waals surface area contributed by atoms with E-state index in [1.54, 1.807) is 0 Å². The Labute approximate surface area is 97.0 Å². The van der Waals surface area contributed by atoms with E-state index in [1.807, 2.05) is 25.1 Å². The quantitative estimate of drug-likeness (QED) is 0.747. The van der Waals surface area contributed by atoms with Crippen LogP contribution in [0, 0.1) is 18.3 Å². The maximum absolute atomic E-state index is 9.02. The van der Waals surface area contributed by atoms with Crippen molar-refractivity contribution in [2.75, 3.05) is 25.1 Å². The Morgan fingerprint density at radius 3 is 2.88 bits per heavy atom. The van der Waals surface area contributed by atoms with Gasteiger partial charge in [0.25, 0.3) is 0 Å². The number of ether oxygens (including phenoxy) is 1. The van der Waals surface area contributed by atoms with E-state index in [0.717, 1.165) is 36.4 Å². The molecular weight excluding hydrogens is 200 g/mol. The zero-order valence-electron chi connectivity index (χ0n) is 9.92. The minimum atomic E-state index is 0.673. The van der Waals surface area contributed by atoms with Gasteiger partial charge in [0.05, 0.1) is 17.9 Å². The highest BCUT2D eigenvalue weighted by Crippen LogP contribution is 2.17. The van der Waals surface area contributed by atoms with Gasteiger partial charge in [-0.15, -0.1) is 0 Å². The van der Waals surface area contributed by atoms with Gasteiger partial charge in [0, 0.05) is 13.2 Å². The van der Waals surface area contributed by atoms with Crippen LogP contribution < -0.4 is 5.32 Å². The third-order valence-electron chi connectivity index (χ3n) is 2.29. The highest BCUT2D eigenvalue weighted by Gasteiger charge is 2.03. The first-order valence-corrected chi connectivity index (χ1v) is 5.61. The fraction of sp³-hybridized carbons (Fsp3) is 0.462. The van der Waals surface area contributed by atoms with Crippen molar-refractivity contribution in [3.63, 3.8) is 0 Å². The maximum Gasteiger partial charge on any atom is 0.102 e. The van der Waals surface area contributed by atoms with Crippen molar-refractivity contribution in [2.24, 2.45) is 0 Å². The molecule has 0 aromatic heterocycles. The Morgan fingerprint density at radius 2 is 2.19 bits per heavy atom. The normalized spacial score (nSPS) is 9.81. The molecule has 0 aliphatic heterocycles. The molecule has 86 valence electrons. The van der Waals surface area contributed by atoms with Crippen LogP contribution in [0.5, 0.6) is 0 Å². The van der Waals surface area contributed by atoms with E-state index in [1.165, 1.54) is 0 Å². The van der Waals surface area contributed by atoms with Crippen LogP contribution in [0.2, 0.25) is 0 Å². The summed E-state index contributed by atoms with van der Waals surface area (Å²) < 4.78 is 5.36. The fourth-order valence-electron chi connectivity index (χ4n) is 1.47. The molecule has 0 saturated carbocycles. The largest absolute Gasteiger partial charge is 0.382 e. The molecule has 0 aliphatic carbocycles. The summed E-state index contributed by atoms with van der Waals surface area (Å²) in [5, 5.41) is 12.2. The molecule has 0 aliphatic rings. The highest BCUT2D eigenvalue weighted by molar-refractivity contribution is 5.60.